The monoisotopic (exact) mass is 160 g/mol. The molecule has 0 saturated carbocycles. The predicted octanol–water partition coefficient (Wildman–Crippen LogP) is -0.665. The first-order valence-electron chi connectivity index (χ1n) is 3.96. The van der Waals surface area contributed by atoms with Crippen LogP contribution in [0.1, 0.15) is 13.8 Å². The van der Waals surface area contributed by atoms with Gasteiger partial charge in [0.15, 0.2) is 0 Å². The van der Waals surface area contributed by atoms with Crippen molar-refractivity contribution >= 4 is 0 Å². The Morgan fingerprint density at radius 1 is 1.45 bits per heavy atom. The van der Waals surface area contributed by atoms with Crippen LogP contribution in [0, 0.1) is 0 Å². The summed E-state index contributed by atoms with van der Waals surface area (Å²) < 4.78 is 0. The van der Waals surface area contributed by atoms with E-state index in [9.17, 15) is 0 Å². The van der Waals surface area contributed by atoms with Crippen LogP contribution in [0.4, 0.5) is 0 Å². The minimum Gasteiger partial charge on any atom is -0.316 e. The number of hydrazine groups is 1. The molecule has 0 spiro atoms. The Morgan fingerprint density at radius 2 is 2.00 bits per heavy atom. The SMILES string of the molecule is CNNCC(C)N(C)C(C)N. The average molecular weight is 160 g/mol. The molecule has 4 heteroatoms. The molecule has 2 unspecified atom stereocenters. The highest BCUT2D eigenvalue weighted by atomic mass is 15.4. The van der Waals surface area contributed by atoms with Crippen LogP contribution in [0.15, 0.2) is 0 Å². The van der Waals surface area contributed by atoms with E-state index >= 15 is 0 Å². The number of likely N-dealkylation sites (N-methyl/N-ethyl adjacent to an activating group) is 1. The molecule has 0 fully saturated rings. The van der Waals surface area contributed by atoms with Gasteiger partial charge in [-0.1, -0.05) is 0 Å². The summed E-state index contributed by atoms with van der Waals surface area (Å²) in [6.45, 7) is 5.01. The Labute approximate surface area is 69.1 Å². The van der Waals surface area contributed by atoms with E-state index in [2.05, 4.69) is 22.7 Å². The molecule has 68 valence electrons. The van der Waals surface area contributed by atoms with E-state index in [1.807, 2.05) is 21.0 Å². The fraction of sp³-hybridized carbons (Fsp3) is 1.00. The average Bonchev–Trinajstić information content (AvgIpc) is 1.98. The van der Waals surface area contributed by atoms with Gasteiger partial charge in [-0.2, -0.15) is 0 Å². The summed E-state index contributed by atoms with van der Waals surface area (Å²) in [6.07, 6.45) is 0.114. The van der Waals surface area contributed by atoms with Gasteiger partial charge in [0.25, 0.3) is 0 Å². The van der Waals surface area contributed by atoms with Crippen LogP contribution in [0.25, 0.3) is 0 Å². The van der Waals surface area contributed by atoms with Gasteiger partial charge in [0.05, 0.1) is 6.17 Å². The Hall–Kier alpha value is -0.160. The summed E-state index contributed by atoms with van der Waals surface area (Å²) in [6, 6.07) is 0.447. The zero-order chi connectivity index (χ0) is 8.85. The summed E-state index contributed by atoms with van der Waals surface area (Å²) >= 11 is 0. The van der Waals surface area contributed by atoms with Crippen molar-refractivity contribution in [2.45, 2.75) is 26.1 Å². The van der Waals surface area contributed by atoms with E-state index < -0.39 is 0 Å². The van der Waals surface area contributed by atoms with E-state index in [1.165, 1.54) is 0 Å². The third-order valence-electron chi connectivity index (χ3n) is 1.91. The Balaban J connectivity index is 3.55. The molecule has 0 amide bonds. The maximum atomic E-state index is 5.69. The van der Waals surface area contributed by atoms with Crippen molar-refractivity contribution in [1.82, 2.24) is 15.8 Å². The van der Waals surface area contributed by atoms with Crippen LogP contribution >= 0.6 is 0 Å². The lowest BCUT2D eigenvalue weighted by atomic mass is 10.3. The van der Waals surface area contributed by atoms with Gasteiger partial charge in [-0.05, 0) is 27.9 Å². The second kappa shape index (κ2) is 5.49. The quantitative estimate of drug-likeness (QED) is 0.369. The standard InChI is InChI=1S/C7H20N4/c1-6(5-10-9-3)11(4)7(2)8/h6-7,9-10H,5,8H2,1-4H3. The minimum absolute atomic E-state index is 0.114. The number of nitrogens with two attached hydrogens (primary N) is 1. The topological polar surface area (TPSA) is 53.3 Å². The number of nitrogens with zero attached hydrogens (tertiary/aromatic N) is 1. The summed E-state index contributed by atoms with van der Waals surface area (Å²) in [4.78, 5) is 2.12. The van der Waals surface area contributed by atoms with Gasteiger partial charge in [0, 0.05) is 12.6 Å². The van der Waals surface area contributed by atoms with Crippen molar-refractivity contribution in [3.63, 3.8) is 0 Å². The molecular formula is C7H20N4. The molecular weight excluding hydrogens is 140 g/mol. The summed E-state index contributed by atoms with van der Waals surface area (Å²) in [5.41, 5.74) is 11.6. The summed E-state index contributed by atoms with van der Waals surface area (Å²) in [5.74, 6) is 0. The van der Waals surface area contributed by atoms with Crippen LogP contribution in [0.3, 0.4) is 0 Å². The van der Waals surface area contributed by atoms with Crippen LogP contribution in [0.2, 0.25) is 0 Å². The lowest BCUT2D eigenvalue weighted by Gasteiger charge is -2.28. The molecule has 4 N–H and O–H groups in total. The van der Waals surface area contributed by atoms with Crippen molar-refractivity contribution in [1.29, 1.82) is 0 Å². The van der Waals surface area contributed by atoms with Gasteiger partial charge in [-0.15, -0.1) is 0 Å². The first-order chi connectivity index (χ1) is 5.09. The number of hydrogen-bond donors (Lipinski definition) is 3. The van der Waals surface area contributed by atoms with Gasteiger partial charge >= 0.3 is 0 Å². The normalized spacial score (nSPS) is 16.9. The molecule has 0 radical (unpaired) electrons. The summed E-state index contributed by atoms with van der Waals surface area (Å²) in [5, 5.41) is 0. The van der Waals surface area contributed by atoms with Gasteiger partial charge in [0.2, 0.25) is 0 Å². The zero-order valence-corrected chi connectivity index (χ0v) is 7.89. The van der Waals surface area contributed by atoms with Crippen molar-refractivity contribution in [2.24, 2.45) is 5.73 Å². The predicted molar refractivity (Wildman–Crippen MR) is 47.9 cm³/mol. The highest BCUT2D eigenvalue weighted by molar-refractivity contribution is 4.66. The van der Waals surface area contributed by atoms with Gasteiger partial charge in [0.1, 0.15) is 0 Å². The third-order valence-corrected chi connectivity index (χ3v) is 1.91. The van der Waals surface area contributed by atoms with Crippen LogP contribution in [0.5, 0.6) is 0 Å². The number of hydrogen-bond acceptors (Lipinski definition) is 4. The Morgan fingerprint density at radius 3 is 2.36 bits per heavy atom. The van der Waals surface area contributed by atoms with E-state index in [-0.39, 0.29) is 6.17 Å². The second-order valence-electron chi connectivity index (χ2n) is 2.89. The van der Waals surface area contributed by atoms with E-state index in [4.69, 9.17) is 5.73 Å². The lowest BCUT2D eigenvalue weighted by molar-refractivity contribution is 0.192. The van der Waals surface area contributed by atoms with E-state index in [1.54, 1.807) is 0 Å². The van der Waals surface area contributed by atoms with Crippen molar-refractivity contribution in [3.05, 3.63) is 0 Å². The fourth-order valence-corrected chi connectivity index (χ4v) is 0.795. The molecule has 0 aromatic rings. The minimum atomic E-state index is 0.114. The van der Waals surface area contributed by atoms with Crippen molar-refractivity contribution in [2.75, 3.05) is 20.6 Å². The Kier molecular flexibility index (Phi) is 5.41. The van der Waals surface area contributed by atoms with Gasteiger partial charge in [-0.25, -0.2) is 0 Å². The highest BCUT2D eigenvalue weighted by Crippen LogP contribution is 1.95. The Bertz CT molecular complexity index is 94.4. The molecule has 0 heterocycles. The first kappa shape index (κ1) is 10.8. The van der Waals surface area contributed by atoms with Crippen molar-refractivity contribution < 1.29 is 0 Å². The maximum Gasteiger partial charge on any atom is 0.0543 e. The van der Waals surface area contributed by atoms with Crippen molar-refractivity contribution in [3.8, 4) is 0 Å². The molecule has 0 saturated heterocycles. The highest BCUT2D eigenvalue weighted by Gasteiger charge is 2.10. The lowest BCUT2D eigenvalue weighted by Crippen LogP contribution is -2.48. The fourth-order valence-electron chi connectivity index (χ4n) is 0.795. The molecule has 0 bridgehead atoms. The van der Waals surface area contributed by atoms with Crippen LogP contribution < -0.4 is 16.6 Å². The molecule has 11 heavy (non-hydrogen) atoms. The molecule has 0 aromatic carbocycles. The van der Waals surface area contributed by atoms with Crippen LogP contribution in [-0.4, -0.2) is 37.7 Å². The van der Waals surface area contributed by atoms with E-state index in [0.717, 1.165) is 6.54 Å². The third kappa shape index (κ3) is 4.31. The number of nitrogens with one attached hydrogen (secondary N) is 2. The molecule has 2 atom stereocenters. The first-order valence-corrected chi connectivity index (χ1v) is 3.96. The molecule has 0 rings (SSSR count). The van der Waals surface area contributed by atoms with Gasteiger partial charge in [-0.3, -0.25) is 15.8 Å². The maximum absolute atomic E-state index is 5.69. The molecule has 0 aliphatic rings. The molecule has 0 aliphatic heterocycles. The second-order valence-corrected chi connectivity index (χ2v) is 2.89. The van der Waals surface area contributed by atoms with Gasteiger partial charge < -0.3 is 5.73 Å². The zero-order valence-electron chi connectivity index (χ0n) is 7.89. The summed E-state index contributed by atoms with van der Waals surface area (Å²) in [7, 11) is 3.88. The van der Waals surface area contributed by atoms with Crippen LogP contribution in [-0.2, 0) is 0 Å². The molecule has 0 aromatic heterocycles. The smallest absolute Gasteiger partial charge is 0.0543 e. The molecule has 4 nitrogen and oxygen atoms in total. The number of rotatable bonds is 5. The largest absolute Gasteiger partial charge is 0.316 e. The van der Waals surface area contributed by atoms with E-state index in [0.29, 0.717) is 6.04 Å². The molecule has 0 aliphatic carbocycles.